The molecule has 4 rings (SSSR count). The third-order valence-corrected chi connectivity index (χ3v) is 6.16. The molecule has 0 bridgehead atoms. The van der Waals surface area contributed by atoms with Gasteiger partial charge >= 0.3 is 0 Å². The second-order valence-electron chi connectivity index (χ2n) is 7.06. The fourth-order valence-corrected chi connectivity index (χ4v) is 4.40. The highest BCUT2D eigenvalue weighted by atomic mass is 32.2. The van der Waals surface area contributed by atoms with Gasteiger partial charge in [0.1, 0.15) is 17.4 Å². The van der Waals surface area contributed by atoms with E-state index in [9.17, 15) is 13.6 Å². The van der Waals surface area contributed by atoms with Crippen LogP contribution in [0.5, 0.6) is 5.75 Å². The molecule has 0 aromatic heterocycles. The smallest absolute Gasteiger partial charge is 0.233 e. The number of ether oxygens (including phenoxy) is 1. The molecule has 2 aromatic rings. The van der Waals surface area contributed by atoms with Gasteiger partial charge in [0.15, 0.2) is 0 Å². The SMILES string of the molecule is O=C(CSc1ccc(F)cc1F)N1CCN(Cc2ccc3c(c2)CCO3)CC1. The Morgan fingerprint density at radius 3 is 2.68 bits per heavy atom. The maximum absolute atomic E-state index is 13.7. The van der Waals surface area contributed by atoms with Crippen LogP contribution < -0.4 is 4.74 Å². The number of fused-ring (bicyclic) bond motifs is 1. The minimum Gasteiger partial charge on any atom is -0.493 e. The summed E-state index contributed by atoms with van der Waals surface area (Å²) in [5.74, 6) is -0.0900. The van der Waals surface area contributed by atoms with E-state index in [1.54, 1.807) is 0 Å². The summed E-state index contributed by atoms with van der Waals surface area (Å²) in [4.78, 5) is 16.9. The fourth-order valence-electron chi connectivity index (χ4n) is 3.57. The number of hydrogen-bond donors (Lipinski definition) is 0. The standard InChI is InChI=1S/C21H22F2N2O2S/c22-17-2-4-20(18(23)12-17)28-14-21(26)25-8-6-24(7-9-25)13-15-1-3-19-16(11-15)5-10-27-19/h1-4,11-12H,5-10,13-14H2. The Bertz CT molecular complexity index is 869. The highest BCUT2D eigenvalue weighted by Crippen LogP contribution is 2.27. The van der Waals surface area contributed by atoms with Crippen molar-refractivity contribution in [1.82, 2.24) is 9.80 Å². The van der Waals surface area contributed by atoms with E-state index in [1.165, 1.54) is 23.3 Å². The number of halogens is 2. The summed E-state index contributed by atoms with van der Waals surface area (Å²) in [5, 5.41) is 0. The van der Waals surface area contributed by atoms with Gasteiger partial charge in [-0.3, -0.25) is 9.69 Å². The number of thioether (sulfide) groups is 1. The Kier molecular flexibility index (Phi) is 5.82. The monoisotopic (exact) mass is 404 g/mol. The van der Waals surface area contributed by atoms with Gasteiger partial charge in [-0.05, 0) is 29.3 Å². The number of piperazine rings is 1. The first kappa shape index (κ1) is 19.2. The van der Waals surface area contributed by atoms with Crippen LogP contribution in [0.15, 0.2) is 41.3 Å². The van der Waals surface area contributed by atoms with Crippen LogP contribution in [-0.2, 0) is 17.8 Å². The molecule has 2 aromatic carbocycles. The maximum atomic E-state index is 13.7. The first-order valence-corrected chi connectivity index (χ1v) is 10.4. The average molecular weight is 404 g/mol. The highest BCUT2D eigenvalue weighted by molar-refractivity contribution is 8.00. The van der Waals surface area contributed by atoms with E-state index in [2.05, 4.69) is 17.0 Å². The number of carbonyl (C=O) groups is 1. The number of nitrogens with zero attached hydrogens (tertiary/aromatic N) is 2. The van der Waals surface area contributed by atoms with Crippen LogP contribution >= 0.6 is 11.8 Å². The zero-order chi connectivity index (χ0) is 19.5. The lowest BCUT2D eigenvalue weighted by atomic mass is 10.1. The lowest BCUT2D eigenvalue weighted by Crippen LogP contribution is -2.48. The van der Waals surface area contributed by atoms with Crippen LogP contribution in [0.4, 0.5) is 8.78 Å². The molecule has 2 aliphatic heterocycles. The molecule has 0 saturated carbocycles. The van der Waals surface area contributed by atoms with Crippen molar-refractivity contribution < 1.29 is 18.3 Å². The number of hydrogen-bond acceptors (Lipinski definition) is 4. The minimum atomic E-state index is -0.623. The van der Waals surface area contributed by atoms with E-state index in [1.807, 2.05) is 11.0 Å². The number of rotatable bonds is 5. The van der Waals surface area contributed by atoms with Gasteiger partial charge in [-0.2, -0.15) is 0 Å². The highest BCUT2D eigenvalue weighted by Gasteiger charge is 2.22. The molecule has 7 heteroatoms. The Morgan fingerprint density at radius 2 is 1.89 bits per heavy atom. The number of amides is 1. The Labute approximate surface area is 167 Å². The Hall–Kier alpha value is -2.12. The third-order valence-electron chi connectivity index (χ3n) is 5.13. The molecule has 1 fully saturated rings. The summed E-state index contributed by atoms with van der Waals surface area (Å²) in [6.07, 6.45) is 0.970. The van der Waals surface area contributed by atoms with Crippen molar-refractivity contribution in [1.29, 1.82) is 0 Å². The summed E-state index contributed by atoms with van der Waals surface area (Å²) in [7, 11) is 0. The quantitative estimate of drug-likeness (QED) is 0.716. The third kappa shape index (κ3) is 4.47. The summed E-state index contributed by atoms with van der Waals surface area (Å²) in [6.45, 7) is 4.59. The van der Waals surface area contributed by atoms with Crippen molar-refractivity contribution in [3.63, 3.8) is 0 Å². The molecular formula is C21H22F2N2O2S. The molecule has 0 N–H and O–H groups in total. The lowest BCUT2D eigenvalue weighted by molar-refractivity contribution is -0.130. The lowest BCUT2D eigenvalue weighted by Gasteiger charge is -2.34. The number of carbonyl (C=O) groups excluding carboxylic acids is 1. The molecule has 2 heterocycles. The van der Waals surface area contributed by atoms with Gasteiger partial charge in [0, 0.05) is 50.1 Å². The van der Waals surface area contributed by atoms with Crippen molar-refractivity contribution in [2.24, 2.45) is 0 Å². The fraction of sp³-hybridized carbons (Fsp3) is 0.381. The molecule has 148 valence electrons. The number of benzene rings is 2. The second-order valence-corrected chi connectivity index (χ2v) is 8.08. The molecule has 0 atom stereocenters. The Balaban J connectivity index is 1.25. The molecule has 2 aliphatic rings. The topological polar surface area (TPSA) is 32.8 Å². The van der Waals surface area contributed by atoms with Crippen molar-refractivity contribution >= 4 is 17.7 Å². The van der Waals surface area contributed by atoms with Gasteiger partial charge in [-0.15, -0.1) is 11.8 Å². The zero-order valence-corrected chi connectivity index (χ0v) is 16.3. The van der Waals surface area contributed by atoms with E-state index < -0.39 is 11.6 Å². The Morgan fingerprint density at radius 1 is 1.07 bits per heavy atom. The van der Waals surface area contributed by atoms with Crippen LogP contribution in [0.2, 0.25) is 0 Å². The van der Waals surface area contributed by atoms with Crippen molar-refractivity contribution in [2.45, 2.75) is 17.9 Å². The zero-order valence-electron chi connectivity index (χ0n) is 15.5. The largest absolute Gasteiger partial charge is 0.493 e. The van der Waals surface area contributed by atoms with E-state index in [0.29, 0.717) is 18.0 Å². The van der Waals surface area contributed by atoms with Gasteiger partial charge in [0.25, 0.3) is 0 Å². The average Bonchev–Trinajstić information content (AvgIpc) is 3.15. The van der Waals surface area contributed by atoms with Crippen LogP contribution in [-0.4, -0.2) is 54.2 Å². The van der Waals surface area contributed by atoms with Gasteiger partial charge < -0.3 is 9.64 Å². The summed E-state index contributed by atoms with van der Waals surface area (Å²) >= 11 is 1.11. The molecule has 1 saturated heterocycles. The van der Waals surface area contributed by atoms with Gasteiger partial charge in [0.05, 0.1) is 12.4 Å². The molecule has 0 spiro atoms. The van der Waals surface area contributed by atoms with Gasteiger partial charge in [-0.1, -0.05) is 12.1 Å². The molecule has 28 heavy (non-hydrogen) atoms. The van der Waals surface area contributed by atoms with Crippen molar-refractivity contribution in [3.05, 3.63) is 59.2 Å². The van der Waals surface area contributed by atoms with E-state index in [-0.39, 0.29) is 11.7 Å². The molecule has 1 amide bonds. The van der Waals surface area contributed by atoms with Crippen LogP contribution in [0, 0.1) is 11.6 Å². The molecule has 0 unspecified atom stereocenters. The van der Waals surface area contributed by atoms with Crippen LogP contribution in [0.1, 0.15) is 11.1 Å². The first-order valence-electron chi connectivity index (χ1n) is 9.41. The minimum absolute atomic E-state index is 0.0111. The van der Waals surface area contributed by atoms with E-state index in [4.69, 9.17) is 4.74 Å². The first-order chi connectivity index (χ1) is 13.6. The molecule has 0 radical (unpaired) electrons. The second kappa shape index (κ2) is 8.49. The van der Waals surface area contributed by atoms with E-state index in [0.717, 1.165) is 56.2 Å². The van der Waals surface area contributed by atoms with Crippen molar-refractivity contribution in [3.8, 4) is 5.75 Å². The molecule has 4 nitrogen and oxygen atoms in total. The predicted molar refractivity (Wildman–Crippen MR) is 105 cm³/mol. The molecule has 0 aliphatic carbocycles. The van der Waals surface area contributed by atoms with Gasteiger partial charge in [-0.25, -0.2) is 8.78 Å². The van der Waals surface area contributed by atoms with Crippen LogP contribution in [0.3, 0.4) is 0 Å². The maximum Gasteiger partial charge on any atom is 0.233 e. The predicted octanol–water partition coefficient (Wildman–Crippen LogP) is 3.34. The van der Waals surface area contributed by atoms with Gasteiger partial charge in [0.2, 0.25) is 5.91 Å². The van der Waals surface area contributed by atoms with Crippen LogP contribution in [0.25, 0.3) is 0 Å². The summed E-state index contributed by atoms with van der Waals surface area (Å²) < 4.78 is 32.2. The summed E-state index contributed by atoms with van der Waals surface area (Å²) in [6, 6.07) is 9.80. The van der Waals surface area contributed by atoms with Crippen molar-refractivity contribution in [2.75, 3.05) is 38.5 Å². The summed E-state index contributed by atoms with van der Waals surface area (Å²) in [5.41, 5.74) is 2.54. The molecular weight excluding hydrogens is 382 g/mol. The van der Waals surface area contributed by atoms with E-state index >= 15 is 0 Å². The normalized spacial score (nSPS) is 16.7.